The molecule has 1 aromatic rings. The number of hydrogen-bond donors (Lipinski definition) is 1. The zero-order valence-electron chi connectivity index (χ0n) is 12.8. The Morgan fingerprint density at radius 2 is 2.14 bits per heavy atom. The molecule has 2 rings (SSSR count). The minimum Gasteiger partial charge on any atom is -0.383 e. The van der Waals surface area contributed by atoms with Crippen molar-refractivity contribution in [3.8, 4) is 0 Å². The molecule has 0 aromatic carbocycles. The van der Waals surface area contributed by atoms with E-state index >= 15 is 0 Å². The summed E-state index contributed by atoms with van der Waals surface area (Å²) in [6.45, 7) is 1.04. The first-order valence-corrected chi connectivity index (χ1v) is 7.20. The van der Waals surface area contributed by atoms with Gasteiger partial charge in [0, 0.05) is 52.8 Å². The smallest absolute Gasteiger partial charge is 0.257 e. The van der Waals surface area contributed by atoms with Crippen LogP contribution in [0, 0.1) is 0 Å². The van der Waals surface area contributed by atoms with Crippen molar-refractivity contribution in [2.75, 3.05) is 33.4 Å². The molecule has 8 heteroatoms. The Kier molecular flexibility index (Phi) is 5.12. The summed E-state index contributed by atoms with van der Waals surface area (Å²) in [6, 6.07) is 0. The van der Waals surface area contributed by atoms with Crippen LogP contribution in [0.3, 0.4) is 0 Å². The number of aryl methyl sites for hydroxylation is 1. The van der Waals surface area contributed by atoms with Gasteiger partial charge >= 0.3 is 0 Å². The summed E-state index contributed by atoms with van der Waals surface area (Å²) in [5.41, 5.74) is -1.45. The van der Waals surface area contributed by atoms with Crippen molar-refractivity contribution in [3.63, 3.8) is 0 Å². The van der Waals surface area contributed by atoms with Crippen LogP contribution in [0.25, 0.3) is 0 Å². The van der Waals surface area contributed by atoms with E-state index in [4.69, 9.17) is 4.74 Å². The van der Waals surface area contributed by atoms with Gasteiger partial charge in [-0.1, -0.05) is 0 Å². The lowest BCUT2D eigenvalue weighted by Gasteiger charge is -2.35. The third kappa shape index (κ3) is 3.62. The van der Waals surface area contributed by atoms with E-state index in [9.17, 15) is 14.0 Å². The highest BCUT2D eigenvalue weighted by atomic mass is 19.1. The summed E-state index contributed by atoms with van der Waals surface area (Å²) >= 11 is 0. The van der Waals surface area contributed by atoms with Crippen molar-refractivity contribution in [3.05, 3.63) is 18.0 Å². The number of likely N-dealkylation sites (tertiary alicyclic amines) is 1. The van der Waals surface area contributed by atoms with Crippen LogP contribution in [0.2, 0.25) is 0 Å². The van der Waals surface area contributed by atoms with Crippen molar-refractivity contribution in [2.45, 2.75) is 18.5 Å². The van der Waals surface area contributed by atoms with Gasteiger partial charge in [0.2, 0.25) is 0 Å². The van der Waals surface area contributed by atoms with Gasteiger partial charge in [-0.05, 0) is 0 Å². The standard InChI is InChI=1S/C14H21FN4O3/c1-18-10-11(9-17-18)12(20)19-6-3-14(15,4-7-19)13(21)16-5-8-22-2/h9-10H,3-8H2,1-2H3,(H,16,21). The van der Waals surface area contributed by atoms with E-state index in [1.807, 2.05) is 0 Å². The molecule has 22 heavy (non-hydrogen) atoms. The average molecular weight is 312 g/mol. The number of hydrogen-bond acceptors (Lipinski definition) is 4. The summed E-state index contributed by atoms with van der Waals surface area (Å²) in [4.78, 5) is 25.7. The molecule has 122 valence electrons. The molecule has 1 aliphatic heterocycles. The summed E-state index contributed by atoms with van der Waals surface area (Å²) in [5.74, 6) is -0.812. The largest absolute Gasteiger partial charge is 0.383 e. The van der Waals surface area contributed by atoms with Gasteiger partial charge in [0.15, 0.2) is 5.67 Å². The maximum absolute atomic E-state index is 14.6. The molecule has 1 aliphatic rings. The van der Waals surface area contributed by atoms with Crippen LogP contribution in [0.1, 0.15) is 23.2 Å². The number of aromatic nitrogens is 2. The van der Waals surface area contributed by atoms with E-state index in [2.05, 4.69) is 10.4 Å². The fraction of sp³-hybridized carbons (Fsp3) is 0.643. The number of methoxy groups -OCH3 is 1. The molecule has 1 saturated heterocycles. The van der Waals surface area contributed by atoms with Crippen LogP contribution in [-0.4, -0.2) is 65.5 Å². The second kappa shape index (κ2) is 6.87. The summed E-state index contributed by atoms with van der Waals surface area (Å²) < 4.78 is 21.0. The van der Waals surface area contributed by atoms with Crippen LogP contribution in [0.5, 0.6) is 0 Å². The predicted octanol–water partition coefficient (Wildman–Crippen LogP) is 0.127. The topological polar surface area (TPSA) is 76.5 Å². The lowest BCUT2D eigenvalue weighted by Crippen LogP contribution is -2.52. The second-order valence-electron chi connectivity index (χ2n) is 5.41. The maximum Gasteiger partial charge on any atom is 0.257 e. The fourth-order valence-electron chi connectivity index (χ4n) is 2.43. The average Bonchev–Trinajstić information content (AvgIpc) is 2.94. The number of nitrogens with one attached hydrogen (secondary N) is 1. The van der Waals surface area contributed by atoms with Crippen molar-refractivity contribution in [2.24, 2.45) is 7.05 Å². The molecule has 2 heterocycles. The Bertz CT molecular complexity index is 538. The molecule has 7 nitrogen and oxygen atoms in total. The maximum atomic E-state index is 14.6. The summed E-state index contributed by atoms with van der Waals surface area (Å²) in [5, 5.41) is 6.47. The molecule has 0 radical (unpaired) electrons. The zero-order chi connectivity index (χ0) is 16.2. The van der Waals surface area contributed by atoms with Crippen LogP contribution >= 0.6 is 0 Å². The van der Waals surface area contributed by atoms with Crippen molar-refractivity contribution in [1.29, 1.82) is 0 Å². The predicted molar refractivity (Wildman–Crippen MR) is 77.1 cm³/mol. The molecule has 0 aliphatic carbocycles. The van der Waals surface area contributed by atoms with E-state index in [1.165, 1.54) is 13.3 Å². The Labute approximate surface area is 128 Å². The molecule has 0 atom stereocenters. The normalized spacial score (nSPS) is 17.3. The van der Waals surface area contributed by atoms with Crippen molar-refractivity contribution < 1.29 is 18.7 Å². The Morgan fingerprint density at radius 1 is 1.45 bits per heavy atom. The summed E-state index contributed by atoms with van der Waals surface area (Å²) in [6.07, 6.45) is 3.10. The number of nitrogens with zero attached hydrogens (tertiary/aromatic N) is 3. The Balaban J connectivity index is 1.89. The number of carbonyl (C=O) groups excluding carboxylic acids is 2. The van der Waals surface area contributed by atoms with Gasteiger partial charge in [-0.2, -0.15) is 5.10 Å². The first kappa shape index (κ1) is 16.4. The number of ether oxygens (including phenoxy) is 1. The monoisotopic (exact) mass is 312 g/mol. The first-order chi connectivity index (χ1) is 10.5. The molecule has 0 spiro atoms. The lowest BCUT2D eigenvalue weighted by molar-refractivity contribution is -0.135. The van der Waals surface area contributed by atoms with Crippen LogP contribution in [0.15, 0.2) is 12.4 Å². The minimum absolute atomic E-state index is 0.00217. The van der Waals surface area contributed by atoms with Gasteiger partial charge in [0.25, 0.3) is 11.8 Å². The Hall–Kier alpha value is -1.96. The first-order valence-electron chi connectivity index (χ1n) is 7.20. The molecule has 0 unspecified atom stereocenters. The minimum atomic E-state index is -1.92. The quantitative estimate of drug-likeness (QED) is 0.784. The molecule has 0 bridgehead atoms. The number of alkyl halides is 1. The molecule has 0 saturated carbocycles. The van der Waals surface area contributed by atoms with E-state index < -0.39 is 11.6 Å². The van der Waals surface area contributed by atoms with Crippen LogP contribution in [0.4, 0.5) is 4.39 Å². The van der Waals surface area contributed by atoms with E-state index in [1.54, 1.807) is 22.8 Å². The molecule has 1 aromatic heterocycles. The third-order valence-corrected chi connectivity index (χ3v) is 3.79. The number of piperidine rings is 1. The Morgan fingerprint density at radius 3 is 2.68 bits per heavy atom. The third-order valence-electron chi connectivity index (χ3n) is 3.79. The van der Waals surface area contributed by atoms with Gasteiger partial charge in [-0.25, -0.2) is 4.39 Å². The van der Waals surface area contributed by atoms with Gasteiger partial charge in [-0.3, -0.25) is 14.3 Å². The van der Waals surface area contributed by atoms with Crippen LogP contribution < -0.4 is 5.32 Å². The number of carbonyl (C=O) groups is 2. The van der Waals surface area contributed by atoms with E-state index in [0.29, 0.717) is 12.2 Å². The number of rotatable bonds is 5. The summed E-state index contributed by atoms with van der Waals surface area (Å²) in [7, 11) is 3.24. The van der Waals surface area contributed by atoms with Gasteiger partial charge in [0.1, 0.15) is 0 Å². The van der Waals surface area contributed by atoms with Crippen molar-refractivity contribution >= 4 is 11.8 Å². The second-order valence-corrected chi connectivity index (χ2v) is 5.41. The van der Waals surface area contributed by atoms with Crippen molar-refractivity contribution in [1.82, 2.24) is 20.0 Å². The molecular formula is C14H21FN4O3. The highest BCUT2D eigenvalue weighted by Crippen LogP contribution is 2.27. The van der Waals surface area contributed by atoms with E-state index in [-0.39, 0.29) is 38.4 Å². The molecule has 2 amide bonds. The zero-order valence-corrected chi connectivity index (χ0v) is 12.8. The van der Waals surface area contributed by atoms with E-state index in [0.717, 1.165) is 0 Å². The van der Waals surface area contributed by atoms with Crippen LogP contribution in [-0.2, 0) is 16.6 Å². The van der Waals surface area contributed by atoms with Gasteiger partial charge in [0.05, 0.1) is 18.4 Å². The number of halogens is 1. The van der Waals surface area contributed by atoms with Gasteiger partial charge < -0.3 is 15.0 Å². The fourth-order valence-corrected chi connectivity index (χ4v) is 2.43. The highest BCUT2D eigenvalue weighted by molar-refractivity contribution is 5.94. The SMILES string of the molecule is COCCNC(=O)C1(F)CCN(C(=O)c2cnn(C)c2)CC1. The highest BCUT2D eigenvalue weighted by Gasteiger charge is 2.42. The number of amides is 2. The molecular weight excluding hydrogens is 291 g/mol. The van der Waals surface area contributed by atoms with Gasteiger partial charge in [-0.15, -0.1) is 0 Å². The molecule has 1 fully saturated rings. The lowest BCUT2D eigenvalue weighted by atomic mass is 9.92. The molecule has 1 N–H and O–H groups in total.